The van der Waals surface area contributed by atoms with Gasteiger partial charge in [-0.15, -0.1) is 0 Å². The van der Waals surface area contributed by atoms with Crippen LogP contribution in [-0.2, 0) is 0 Å². The molecule has 0 unspecified atom stereocenters. The maximum atomic E-state index is 10.6. The Kier molecular flexibility index (Phi) is 4.52. The molecular formula is C17H12N4O3. The van der Waals surface area contributed by atoms with Crippen LogP contribution in [0, 0.1) is 10.1 Å². The van der Waals surface area contributed by atoms with Crippen LogP contribution in [0.25, 0.3) is 12.2 Å². The third kappa shape index (κ3) is 3.98. The largest absolute Gasteiger partial charge is 0.438 e. The predicted molar refractivity (Wildman–Crippen MR) is 88.4 cm³/mol. The van der Waals surface area contributed by atoms with E-state index in [1.807, 2.05) is 30.3 Å². The van der Waals surface area contributed by atoms with E-state index < -0.39 is 4.92 Å². The minimum absolute atomic E-state index is 0.0299. The Balaban J connectivity index is 1.66. The van der Waals surface area contributed by atoms with Crippen molar-refractivity contribution >= 4 is 17.8 Å². The molecule has 2 aromatic heterocycles. The molecule has 2 heterocycles. The molecule has 1 aromatic carbocycles. The Morgan fingerprint density at radius 3 is 2.42 bits per heavy atom. The topological polar surface area (TPSA) is 91.0 Å². The molecular weight excluding hydrogens is 308 g/mol. The SMILES string of the molecule is O=[N+]([O-])c1ccc(/C=C/c2ccc(Oc3cnccn3)cc2)nc1. The number of ether oxygens (including phenoxy) is 1. The Labute approximate surface area is 137 Å². The van der Waals surface area contributed by atoms with E-state index in [1.165, 1.54) is 18.5 Å². The minimum atomic E-state index is -0.476. The molecule has 0 bridgehead atoms. The highest BCUT2D eigenvalue weighted by Gasteiger charge is 2.03. The van der Waals surface area contributed by atoms with E-state index in [-0.39, 0.29) is 5.69 Å². The van der Waals surface area contributed by atoms with E-state index in [1.54, 1.807) is 24.5 Å². The number of nitro groups is 1. The lowest BCUT2D eigenvalue weighted by molar-refractivity contribution is -0.385. The van der Waals surface area contributed by atoms with E-state index in [0.717, 1.165) is 5.56 Å². The van der Waals surface area contributed by atoms with Gasteiger partial charge in [-0.05, 0) is 29.8 Å². The van der Waals surface area contributed by atoms with Crippen LogP contribution in [0.15, 0.2) is 61.2 Å². The standard InChI is InChI=1S/C17H12N4O3/c22-21(23)15-6-5-14(20-11-15)4-1-13-2-7-16(8-3-13)24-17-12-18-9-10-19-17/h1-12H/b4-1+. The summed E-state index contributed by atoms with van der Waals surface area (Å²) in [5.41, 5.74) is 1.56. The van der Waals surface area contributed by atoms with Gasteiger partial charge < -0.3 is 4.74 Å². The van der Waals surface area contributed by atoms with Gasteiger partial charge in [-0.3, -0.25) is 15.1 Å². The van der Waals surface area contributed by atoms with Crippen molar-refractivity contribution in [1.29, 1.82) is 0 Å². The van der Waals surface area contributed by atoms with Crippen molar-refractivity contribution in [3.63, 3.8) is 0 Å². The quantitative estimate of drug-likeness (QED) is 0.525. The van der Waals surface area contributed by atoms with Gasteiger partial charge >= 0.3 is 0 Å². The van der Waals surface area contributed by atoms with Gasteiger partial charge in [0.15, 0.2) is 0 Å². The summed E-state index contributed by atoms with van der Waals surface area (Å²) in [5, 5.41) is 10.6. The van der Waals surface area contributed by atoms with Crippen LogP contribution in [-0.4, -0.2) is 19.9 Å². The van der Waals surface area contributed by atoms with E-state index in [0.29, 0.717) is 17.3 Å². The summed E-state index contributed by atoms with van der Waals surface area (Å²) in [6, 6.07) is 10.4. The third-order valence-electron chi connectivity index (χ3n) is 3.07. The summed E-state index contributed by atoms with van der Waals surface area (Å²) in [7, 11) is 0. The number of hydrogen-bond acceptors (Lipinski definition) is 6. The maximum Gasteiger partial charge on any atom is 0.287 e. The molecule has 0 fully saturated rings. The first-order chi connectivity index (χ1) is 11.7. The van der Waals surface area contributed by atoms with Crippen LogP contribution in [0.4, 0.5) is 5.69 Å². The summed E-state index contributed by atoms with van der Waals surface area (Å²) in [6.07, 6.45) is 9.55. The molecule has 0 radical (unpaired) electrons. The summed E-state index contributed by atoms with van der Waals surface area (Å²) < 4.78 is 5.56. The highest BCUT2D eigenvalue weighted by atomic mass is 16.6. The molecule has 24 heavy (non-hydrogen) atoms. The number of hydrogen-bond donors (Lipinski definition) is 0. The molecule has 3 aromatic rings. The van der Waals surface area contributed by atoms with Crippen LogP contribution in [0.5, 0.6) is 11.6 Å². The Morgan fingerprint density at radius 1 is 0.958 bits per heavy atom. The second-order valence-electron chi connectivity index (χ2n) is 4.75. The van der Waals surface area contributed by atoms with Crippen molar-refractivity contribution in [1.82, 2.24) is 15.0 Å². The smallest absolute Gasteiger partial charge is 0.287 e. The third-order valence-corrected chi connectivity index (χ3v) is 3.07. The fourth-order valence-corrected chi connectivity index (χ4v) is 1.89. The predicted octanol–water partition coefficient (Wildman–Crippen LogP) is 3.74. The fraction of sp³-hybridized carbons (Fsp3) is 0. The number of pyridine rings is 1. The monoisotopic (exact) mass is 320 g/mol. The van der Waals surface area contributed by atoms with Crippen molar-refractivity contribution in [3.05, 3.63) is 82.6 Å². The average Bonchev–Trinajstić information content (AvgIpc) is 2.62. The summed E-state index contributed by atoms with van der Waals surface area (Å²) in [4.78, 5) is 22.1. The number of aromatic nitrogens is 3. The first kappa shape index (κ1) is 15.3. The Morgan fingerprint density at radius 2 is 1.79 bits per heavy atom. The molecule has 118 valence electrons. The van der Waals surface area contributed by atoms with Gasteiger partial charge in [0.2, 0.25) is 5.88 Å². The fourth-order valence-electron chi connectivity index (χ4n) is 1.89. The molecule has 0 saturated heterocycles. The van der Waals surface area contributed by atoms with Crippen molar-refractivity contribution in [3.8, 4) is 11.6 Å². The van der Waals surface area contributed by atoms with Crippen LogP contribution < -0.4 is 4.74 Å². The van der Waals surface area contributed by atoms with Gasteiger partial charge in [0.05, 0.1) is 16.8 Å². The van der Waals surface area contributed by atoms with Crippen LogP contribution in [0.1, 0.15) is 11.3 Å². The molecule has 7 heteroatoms. The lowest BCUT2D eigenvalue weighted by atomic mass is 10.2. The van der Waals surface area contributed by atoms with E-state index in [4.69, 9.17) is 4.74 Å². The summed E-state index contributed by atoms with van der Waals surface area (Å²) in [5.74, 6) is 1.08. The highest BCUT2D eigenvalue weighted by Crippen LogP contribution is 2.19. The summed E-state index contributed by atoms with van der Waals surface area (Å²) in [6.45, 7) is 0. The molecule has 0 aliphatic rings. The van der Waals surface area contributed by atoms with E-state index >= 15 is 0 Å². The van der Waals surface area contributed by atoms with Gasteiger partial charge in [-0.2, -0.15) is 0 Å². The zero-order chi connectivity index (χ0) is 16.8. The van der Waals surface area contributed by atoms with Crippen molar-refractivity contribution in [2.24, 2.45) is 0 Å². The molecule has 0 saturated carbocycles. The molecule has 7 nitrogen and oxygen atoms in total. The van der Waals surface area contributed by atoms with Crippen LogP contribution in [0.2, 0.25) is 0 Å². The van der Waals surface area contributed by atoms with E-state index in [9.17, 15) is 10.1 Å². The lowest BCUT2D eigenvalue weighted by Crippen LogP contribution is -1.89. The Hall–Kier alpha value is -3.61. The first-order valence-electron chi connectivity index (χ1n) is 7.03. The molecule has 0 amide bonds. The van der Waals surface area contributed by atoms with Crippen LogP contribution in [0.3, 0.4) is 0 Å². The molecule has 0 atom stereocenters. The molecule has 0 aliphatic carbocycles. The van der Waals surface area contributed by atoms with Gasteiger partial charge in [0.25, 0.3) is 5.69 Å². The average molecular weight is 320 g/mol. The molecule has 0 spiro atoms. The van der Waals surface area contributed by atoms with Crippen molar-refractivity contribution in [2.45, 2.75) is 0 Å². The molecule has 3 rings (SSSR count). The molecule has 0 N–H and O–H groups in total. The van der Waals surface area contributed by atoms with Gasteiger partial charge in [0, 0.05) is 18.5 Å². The first-order valence-corrected chi connectivity index (χ1v) is 7.03. The van der Waals surface area contributed by atoms with Crippen LogP contribution >= 0.6 is 0 Å². The lowest BCUT2D eigenvalue weighted by Gasteiger charge is -2.03. The van der Waals surface area contributed by atoms with Gasteiger partial charge in [-0.1, -0.05) is 18.2 Å². The van der Waals surface area contributed by atoms with Crippen molar-refractivity contribution in [2.75, 3.05) is 0 Å². The van der Waals surface area contributed by atoms with Gasteiger partial charge in [-0.25, -0.2) is 9.97 Å². The second kappa shape index (κ2) is 7.10. The zero-order valence-electron chi connectivity index (χ0n) is 12.4. The normalized spacial score (nSPS) is 10.7. The maximum absolute atomic E-state index is 10.6. The number of benzene rings is 1. The molecule has 0 aliphatic heterocycles. The van der Waals surface area contributed by atoms with Gasteiger partial charge in [0.1, 0.15) is 11.9 Å². The number of rotatable bonds is 5. The Bertz CT molecular complexity index is 847. The van der Waals surface area contributed by atoms with E-state index in [2.05, 4.69) is 15.0 Å². The van der Waals surface area contributed by atoms with Crippen molar-refractivity contribution < 1.29 is 9.66 Å². The second-order valence-corrected chi connectivity index (χ2v) is 4.75. The zero-order valence-corrected chi connectivity index (χ0v) is 12.4. The number of nitrogens with zero attached hydrogens (tertiary/aromatic N) is 4. The highest BCUT2D eigenvalue weighted by molar-refractivity contribution is 5.68. The summed E-state index contributed by atoms with van der Waals surface area (Å²) >= 11 is 0. The minimum Gasteiger partial charge on any atom is -0.438 e.